The number of carbonyl (C=O) groups is 1. The fraction of sp³-hybridized carbons (Fsp3) is 0.417. The van der Waals surface area contributed by atoms with Crippen LogP contribution in [-0.4, -0.2) is 55.8 Å². The molecule has 1 saturated heterocycles. The molecular weight excluding hydrogens is 425 g/mol. The second-order valence-electron chi connectivity index (χ2n) is 8.83. The van der Waals surface area contributed by atoms with Crippen LogP contribution >= 0.6 is 0 Å². The van der Waals surface area contributed by atoms with Gasteiger partial charge in [0.2, 0.25) is 5.95 Å². The van der Waals surface area contributed by atoms with Gasteiger partial charge in [-0.2, -0.15) is 4.39 Å². The minimum absolute atomic E-state index is 0.0371. The molecule has 1 saturated carbocycles. The van der Waals surface area contributed by atoms with Crippen LogP contribution in [0.5, 0.6) is 0 Å². The summed E-state index contributed by atoms with van der Waals surface area (Å²) in [6.45, 7) is 3.13. The number of nitrogens with zero attached hydrogens (tertiary/aromatic N) is 5. The number of amides is 1. The Kier molecular flexibility index (Phi) is 4.95. The number of pyridine rings is 1. The number of halogens is 1. The summed E-state index contributed by atoms with van der Waals surface area (Å²) >= 11 is 0. The summed E-state index contributed by atoms with van der Waals surface area (Å²) < 4.78 is 27.3. The van der Waals surface area contributed by atoms with Crippen molar-refractivity contribution in [1.82, 2.24) is 24.9 Å². The lowest BCUT2D eigenvalue weighted by Gasteiger charge is -2.23. The van der Waals surface area contributed by atoms with Crippen LogP contribution < -0.4 is 0 Å². The van der Waals surface area contributed by atoms with Gasteiger partial charge in [-0.15, -0.1) is 5.10 Å². The molecule has 0 spiro atoms. The van der Waals surface area contributed by atoms with E-state index in [1.807, 2.05) is 30.0 Å². The van der Waals surface area contributed by atoms with Crippen molar-refractivity contribution in [3.05, 3.63) is 59.3 Å². The predicted octanol–water partition coefficient (Wildman–Crippen LogP) is 3.42. The monoisotopic (exact) mass is 449 g/mol. The van der Waals surface area contributed by atoms with E-state index in [1.54, 1.807) is 12.1 Å². The quantitative estimate of drug-likeness (QED) is 0.555. The molecule has 8 nitrogen and oxygen atoms in total. The second kappa shape index (κ2) is 8.00. The van der Waals surface area contributed by atoms with Crippen LogP contribution in [0.15, 0.2) is 36.5 Å². The fourth-order valence-corrected chi connectivity index (χ4v) is 4.77. The molecular formula is C24H24FN5O3. The molecule has 2 aliphatic heterocycles. The lowest BCUT2D eigenvalue weighted by atomic mass is 10.0. The highest BCUT2D eigenvalue weighted by Gasteiger charge is 2.48. The lowest BCUT2D eigenvalue weighted by Crippen LogP contribution is -2.31. The molecule has 2 fully saturated rings. The number of benzene rings is 1. The zero-order valence-electron chi connectivity index (χ0n) is 18.3. The Hall–Kier alpha value is -3.17. The van der Waals surface area contributed by atoms with Crippen molar-refractivity contribution in [2.75, 3.05) is 6.61 Å². The Morgan fingerprint density at radius 1 is 1.24 bits per heavy atom. The first kappa shape index (κ1) is 20.4. The van der Waals surface area contributed by atoms with E-state index in [0.717, 1.165) is 43.4 Å². The molecule has 0 bridgehead atoms. The van der Waals surface area contributed by atoms with Gasteiger partial charge in [-0.1, -0.05) is 11.3 Å². The molecule has 3 aromatic rings. The Balaban J connectivity index is 1.20. The van der Waals surface area contributed by atoms with Crippen LogP contribution in [0.2, 0.25) is 0 Å². The average molecular weight is 449 g/mol. The smallest absolute Gasteiger partial charge is 0.254 e. The maximum atomic E-state index is 14.1. The topological polar surface area (TPSA) is 82.4 Å². The summed E-state index contributed by atoms with van der Waals surface area (Å²) in [6, 6.07) is 9.06. The van der Waals surface area contributed by atoms with Crippen molar-refractivity contribution in [1.29, 1.82) is 0 Å². The molecule has 6 rings (SSSR count). The SMILES string of the molecule is Cc1c(-c2ccc3c(c2)CN([C@@H]2C[C@H]2OC2CCCCO2)C3=O)nnn1-c1cccnc1F. The predicted molar refractivity (Wildman–Crippen MR) is 116 cm³/mol. The number of ether oxygens (including phenoxy) is 2. The van der Waals surface area contributed by atoms with E-state index in [0.29, 0.717) is 23.5 Å². The summed E-state index contributed by atoms with van der Waals surface area (Å²) in [5.74, 6) is -0.568. The van der Waals surface area contributed by atoms with Crippen LogP contribution in [0.25, 0.3) is 16.9 Å². The van der Waals surface area contributed by atoms with Crippen molar-refractivity contribution >= 4 is 5.91 Å². The van der Waals surface area contributed by atoms with Gasteiger partial charge in [0.1, 0.15) is 11.4 Å². The van der Waals surface area contributed by atoms with Crippen molar-refractivity contribution in [2.45, 2.75) is 57.6 Å². The maximum Gasteiger partial charge on any atom is 0.254 e. The molecule has 1 aliphatic carbocycles. The van der Waals surface area contributed by atoms with Gasteiger partial charge in [-0.25, -0.2) is 9.67 Å². The minimum Gasteiger partial charge on any atom is -0.353 e. The third-order valence-electron chi connectivity index (χ3n) is 6.64. The van der Waals surface area contributed by atoms with Gasteiger partial charge in [-0.3, -0.25) is 4.79 Å². The van der Waals surface area contributed by atoms with Crippen molar-refractivity contribution in [2.24, 2.45) is 0 Å². The van der Waals surface area contributed by atoms with Crippen LogP contribution in [-0.2, 0) is 16.0 Å². The molecule has 9 heteroatoms. The van der Waals surface area contributed by atoms with Gasteiger partial charge in [0.25, 0.3) is 5.91 Å². The Morgan fingerprint density at radius 2 is 2.15 bits per heavy atom. The van der Waals surface area contributed by atoms with Gasteiger partial charge in [0, 0.05) is 30.5 Å². The number of hydrogen-bond acceptors (Lipinski definition) is 6. The van der Waals surface area contributed by atoms with Gasteiger partial charge in [0.05, 0.1) is 17.8 Å². The summed E-state index contributed by atoms with van der Waals surface area (Å²) in [5, 5.41) is 8.41. The highest BCUT2D eigenvalue weighted by molar-refractivity contribution is 5.99. The highest BCUT2D eigenvalue weighted by atomic mass is 19.1. The van der Waals surface area contributed by atoms with E-state index in [-0.39, 0.29) is 30.0 Å². The average Bonchev–Trinajstić information content (AvgIpc) is 3.36. The number of fused-ring (bicyclic) bond motifs is 1. The minimum atomic E-state index is -0.605. The Bertz CT molecular complexity index is 1220. The molecule has 4 heterocycles. The summed E-state index contributed by atoms with van der Waals surface area (Å²) in [4.78, 5) is 18.6. The maximum absolute atomic E-state index is 14.1. The largest absolute Gasteiger partial charge is 0.353 e. The number of hydrogen-bond donors (Lipinski definition) is 0. The first-order chi connectivity index (χ1) is 16.1. The molecule has 3 atom stereocenters. The number of aromatic nitrogens is 4. The molecule has 2 aromatic heterocycles. The third kappa shape index (κ3) is 3.61. The van der Waals surface area contributed by atoms with Gasteiger partial charge in [-0.05, 0) is 62.4 Å². The van der Waals surface area contributed by atoms with E-state index in [2.05, 4.69) is 15.3 Å². The summed E-state index contributed by atoms with van der Waals surface area (Å²) in [7, 11) is 0. The molecule has 33 heavy (non-hydrogen) atoms. The third-order valence-corrected chi connectivity index (χ3v) is 6.64. The fourth-order valence-electron chi connectivity index (χ4n) is 4.77. The van der Waals surface area contributed by atoms with E-state index < -0.39 is 5.95 Å². The van der Waals surface area contributed by atoms with Crippen LogP contribution in [0.3, 0.4) is 0 Å². The van der Waals surface area contributed by atoms with Gasteiger partial charge in [0.15, 0.2) is 6.29 Å². The number of carbonyl (C=O) groups excluding carboxylic acids is 1. The first-order valence-electron chi connectivity index (χ1n) is 11.3. The molecule has 0 radical (unpaired) electrons. The normalized spacial score (nSPS) is 24.2. The Labute approximate surface area is 190 Å². The van der Waals surface area contributed by atoms with Gasteiger partial charge < -0.3 is 14.4 Å². The van der Waals surface area contributed by atoms with Crippen LogP contribution in [0.1, 0.15) is 47.3 Å². The zero-order valence-corrected chi connectivity index (χ0v) is 18.3. The van der Waals surface area contributed by atoms with Gasteiger partial charge >= 0.3 is 0 Å². The summed E-state index contributed by atoms with van der Waals surface area (Å²) in [5.41, 5.74) is 4.11. The standard InChI is InChI=1S/C24H24FN5O3/c1-14-22(27-28-30(14)18-5-4-9-26-23(18)25)15-7-8-17-16(11-15)13-29(24(17)31)19-12-20(19)33-21-6-2-3-10-32-21/h4-5,7-9,11,19-21H,2-3,6,10,12-13H2,1H3/t19-,20-,21?/m1/s1. The Morgan fingerprint density at radius 3 is 2.97 bits per heavy atom. The first-order valence-corrected chi connectivity index (χ1v) is 11.3. The molecule has 1 aromatic carbocycles. The van der Waals surface area contributed by atoms with Crippen LogP contribution in [0.4, 0.5) is 4.39 Å². The van der Waals surface area contributed by atoms with Crippen molar-refractivity contribution in [3.8, 4) is 16.9 Å². The second-order valence-corrected chi connectivity index (χ2v) is 8.83. The van der Waals surface area contributed by atoms with Crippen molar-refractivity contribution in [3.63, 3.8) is 0 Å². The summed E-state index contributed by atoms with van der Waals surface area (Å²) in [6.07, 6.45) is 5.27. The molecule has 1 amide bonds. The molecule has 3 aliphatic rings. The zero-order chi connectivity index (χ0) is 22.5. The lowest BCUT2D eigenvalue weighted by molar-refractivity contribution is -0.171. The van der Waals surface area contributed by atoms with Crippen molar-refractivity contribution < 1.29 is 18.7 Å². The van der Waals surface area contributed by atoms with Crippen LogP contribution in [0, 0.1) is 12.9 Å². The number of rotatable bonds is 5. The highest BCUT2D eigenvalue weighted by Crippen LogP contribution is 2.39. The molecule has 170 valence electrons. The van der Waals surface area contributed by atoms with E-state index in [9.17, 15) is 9.18 Å². The molecule has 0 N–H and O–H groups in total. The van der Waals surface area contributed by atoms with E-state index in [1.165, 1.54) is 10.9 Å². The molecule has 1 unspecified atom stereocenters. The van der Waals surface area contributed by atoms with E-state index >= 15 is 0 Å². The van der Waals surface area contributed by atoms with E-state index in [4.69, 9.17) is 9.47 Å².